The minimum atomic E-state index is -0.416. The summed E-state index contributed by atoms with van der Waals surface area (Å²) in [4.78, 5) is 16.9. The number of fused-ring (bicyclic) bond motifs is 1. The van der Waals surface area contributed by atoms with E-state index in [1.165, 1.54) is 5.56 Å². The Kier molecular flexibility index (Phi) is 4.95. The molecule has 0 saturated carbocycles. The molecule has 0 spiro atoms. The summed E-state index contributed by atoms with van der Waals surface area (Å²) in [5.41, 5.74) is 2.78. The molecule has 1 N–H and O–H groups in total. The number of para-hydroxylation sites is 2. The Labute approximate surface area is 156 Å². The highest BCUT2D eigenvalue weighted by atomic mass is 79.9. The molecule has 0 fully saturated rings. The number of benzene rings is 2. The third kappa shape index (κ3) is 4.10. The van der Waals surface area contributed by atoms with Crippen molar-refractivity contribution in [2.24, 2.45) is 5.41 Å². The van der Waals surface area contributed by atoms with Gasteiger partial charge in [-0.25, -0.2) is 4.98 Å². The van der Waals surface area contributed by atoms with Crippen LogP contribution in [-0.4, -0.2) is 15.5 Å². The van der Waals surface area contributed by atoms with Crippen molar-refractivity contribution < 1.29 is 4.79 Å². The van der Waals surface area contributed by atoms with Crippen molar-refractivity contribution in [3.8, 4) is 0 Å². The molecule has 3 rings (SSSR count). The lowest BCUT2D eigenvalue weighted by atomic mass is 9.96. The van der Waals surface area contributed by atoms with Crippen LogP contribution in [-0.2, 0) is 17.9 Å². The highest BCUT2D eigenvalue weighted by Crippen LogP contribution is 2.20. The van der Waals surface area contributed by atoms with Gasteiger partial charge in [0, 0.05) is 16.4 Å². The maximum absolute atomic E-state index is 12.2. The lowest BCUT2D eigenvalue weighted by Gasteiger charge is -2.18. The van der Waals surface area contributed by atoms with E-state index in [0.717, 1.165) is 21.3 Å². The normalized spacial score (nSPS) is 11.7. The van der Waals surface area contributed by atoms with Crippen molar-refractivity contribution in [2.75, 3.05) is 0 Å². The first kappa shape index (κ1) is 17.7. The fraction of sp³-hybridized carbons (Fsp3) is 0.300. The Morgan fingerprint density at radius 1 is 1.16 bits per heavy atom. The number of rotatable bonds is 4. The molecule has 5 heteroatoms. The highest BCUT2D eigenvalue weighted by Gasteiger charge is 2.21. The topological polar surface area (TPSA) is 46.9 Å². The molecular weight excluding hydrogens is 378 g/mol. The number of hydrogen-bond acceptors (Lipinski definition) is 2. The zero-order chi connectivity index (χ0) is 18.0. The lowest BCUT2D eigenvalue weighted by molar-refractivity contribution is -0.128. The van der Waals surface area contributed by atoms with Gasteiger partial charge in [0.2, 0.25) is 5.91 Å². The van der Waals surface area contributed by atoms with Gasteiger partial charge >= 0.3 is 0 Å². The molecule has 0 atom stereocenters. The van der Waals surface area contributed by atoms with Crippen molar-refractivity contribution in [3.63, 3.8) is 0 Å². The third-order valence-electron chi connectivity index (χ3n) is 4.05. The van der Waals surface area contributed by atoms with Gasteiger partial charge in [-0.1, -0.05) is 61.0 Å². The van der Waals surface area contributed by atoms with Crippen LogP contribution in [0.1, 0.15) is 32.2 Å². The highest BCUT2D eigenvalue weighted by molar-refractivity contribution is 9.10. The fourth-order valence-electron chi connectivity index (χ4n) is 2.68. The Bertz CT molecular complexity index is 909. The molecular formula is C20H22BrN3O. The van der Waals surface area contributed by atoms with E-state index in [1.807, 2.05) is 51.1 Å². The van der Waals surface area contributed by atoms with Crippen LogP contribution >= 0.6 is 15.9 Å². The van der Waals surface area contributed by atoms with E-state index in [2.05, 4.69) is 44.0 Å². The Balaban J connectivity index is 1.93. The number of amides is 1. The predicted octanol–water partition coefficient (Wildman–Crippen LogP) is 4.51. The summed E-state index contributed by atoms with van der Waals surface area (Å²) in [6.45, 7) is 6.85. The average molecular weight is 400 g/mol. The minimum Gasteiger partial charge on any atom is -0.348 e. The SMILES string of the molecule is CC(C)(C)C(=O)NCc1nc2ccccc2n1Cc1cccc(Br)c1. The minimum absolute atomic E-state index is 0.0218. The predicted molar refractivity (Wildman–Crippen MR) is 104 cm³/mol. The van der Waals surface area contributed by atoms with Crippen LogP contribution in [0.2, 0.25) is 0 Å². The lowest BCUT2D eigenvalue weighted by Crippen LogP contribution is -2.35. The molecule has 0 unspecified atom stereocenters. The van der Waals surface area contributed by atoms with Crippen LogP contribution in [0.5, 0.6) is 0 Å². The Hall–Kier alpha value is -2.14. The molecule has 0 aliphatic heterocycles. The molecule has 4 nitrogen and oxygen atoms in total. The van der Waals surface area contributed by atoms with Crippen LogP contribution in [0.4, 0.5) is 0 Å². The molecule has 2 aromatic carbocycles. The Morgan fingerprint density at radius 3 is 2.64 bits per heavy atom. The van der Waals surface area contributed by atoms with Gasteiger partial charge < -0.3 is 9.88 Å². The average Bonchev–Trinajstić information content (AvgIpc) is 2.89. The summed E-state index contributed by atoms with van der Waals surface area (Å²) in [7, 11) is 0. The number of carbonyl (C=O) groups excluding carboxylic acids is 1. The number of imidazole rings is 1. The van der Waals surface area contributed by atoms with Crippen LogP contribution in [0.15, 0.2) is 53.0 Å². The maximum Gasteiger partial charge on any atom is 0.225 e. The van der Waals surface area contributed by atoms with Gasteiger partial charge in [-0.15, -0.1) is 0 Å². The molecule has 130 valence electrons. The van der Waals surface area contributed by atoms with Crippen molar-refractivity contribution in [2.45, 2.75) is 33.9 Å². The molecule has 1 heterocycles. The van der Waals surface area contributed by atoms with E-state index >= 15 is 0 Å². The van der Waals surface area contributed by atoms with Crippen molar-refractivity contribution in [1.29, 1.82) is 0 Å². The smallest absolute Gasteiger partial charge is 0.225 e. The second kappa shape index (κ2) is 7.00. The molecule has 1 aromatic heterocycles. The number of carbonyl (C=O) groups is 1. The molecule has 0 aliphatic carbocycles. The van der Waals surface area contributed by atoms with E-state index in [4.69, 9.17) is 4.98 Å². The van der Waals surface area contributed by atoms with Crippen molar-refractivity contribution >= 4 is 32.9 Å². The Morgan fingerprint density at radius 2 is 1.92 bits per heavy atom. The molecule has 0 saturated heterocycles. The van der Waals surface area contributed by atoms with E-state index in [0.29, 0.717) is 13.1 Å². The molecule has 3 aromatic rings. The number of hydrogen-bond donors (Lipinski definition) is 1. The summed E-state index contributed by atoms with van der Waals surface area (Å²) >= 11 is 3.52. The fourth-order valence-corrected chi connectivity index (χ4v) is 3.13. The van der Waals surface area contributed by atoms with Crippen molar-refractivity contribution in [3.05, 3.63) is 64.4 Å². The largest absolute Gasteiger partial charge is 0.348 e. The van der Waals surface area contributed by atoms with E-state index in [1.54, 1.807) is 0 Å². The van der Waals surface area contributed by atoms with Gasteiger partial charge in [-0.05, 0) is 29.8 Å². The summed E-state index contributed by atoms with van der Waals surface area (Å²) in [6.07, 6.45) is 0. The van der Waals surface area contributed by atoms with Gasteiger partial charge in [-0.3, -0.25) is 4.79 Å². The zero-order valence-corrected chi connectivity index (χ0v) is 16.3. The first-order valence-electron chi connectivity index (χ1n) is 8.31. The quantitative estimate of drug-likeness (QED) is 0.701. The second-order valence-corrected chi connectivity index (χ2v) is 8.08. The number of aromatic nitrogens is 2. The molecule has 1 amide bonds. The van der Waals surface area contributed by atoms with E-state index in [9.17, 15) is 4.79 Å². The molecule has 25 heavy (non-hydrogen) atoms. The first-order chi connectivity index (χ1) is 11.8. The van der Waals surface area contributed by atoms with Crippen LogP contribution in [0.25, 0.3) is 11.0 Å². The summed E-state index contributed by atoms with van der Waals surface area (Å²) < 4.78 is 3.22. The molecule has 0 radical (unpaired) electrons. The number of nitrogens with zero attached hydrogens (tertiary/aromatic N) is 2. The third-order valence-corrected chi connectivity index (χ3v) is 4.54. The monoisotopic (exact) mass is 399 g/mol. The van der Waals surface area contributed by atoms with E-state index in [-0.39, 0.29) is 5.91 Å². The first-order valence-corrected chi connectivity index (χ1v) is 9.11. The van der Waals surface area contributed by atoms with Crippen molar-refractivity contribution in [1.82, 2.24) is 14.9 Å². The van der Waals surface area contributed by atoms with Crippen LogP contribution in [0, 0.1) is 5.41 Å². The summed E-state index contributed by atoms with van der Waals surface area (Å²) in [6, 6.07) is 16.3. The summed E-state index contributed by atoms with van der Waals surface area (Å²) in [5.74, 6) is 0.882. The molecule has 0 bridgehead atoms. The van der Waals surface area contributed by atoms with E-state index < -0.39 is 5.41 Å². The maximum atomic E-state index is 12.2. The number of halogens is 1. The zero-order valence-electron chi connectivity index (χ0n) is 14.7. The van der Waals surface area contributed by atoms with Crippen LogP contribution in [0.3, 0.4) is 0 Å². The van der Waals surface area contributed by atoms with Gasteiger partial charge in [0.25, 0.3) is 0 Å². The van der Waals surface area contributed by atoms with Gasteiger partial charge in [0.05, 0.1) is 17.6 Å². The van der Waals surface area contributed by atoms with Gasteiger partial charge in [-0.2, -0.15) is 0 Å². The number of nitrogens with one attached hydrogen (secondary N) is 1. The summed E-state index contributed by atoms with van der Waals surface area (Å²) in [5, 5.41) is 3.01. The molecule has 0 aliphatic rings. The second-order valence-electron chi connectivity index (χ2n) is 7.17. The van der Waals surface area contributed by atoms with Gasteiger partial charge in [0.1, 0.15) is 5.82 Å². The van der Waals surface area contributed by atoms with Gasteiger partial charge in [0.15, 0.2) is 0 Å². The van der Waals surface area contributed by atoms with Crippen LogP contribution < -0.4 is 5.32 Å². The standard InChI is InChI=1S/C20H22BrN3O/c1-20(2,3)19(25)22-12-18-23-16-9-4-5-10-17(16)24(18)13-14-7-6-8-15(21)11-14/h4-11H,12-13H2,1-3H3,(H,22,25).